The summed E-state index contributed by atoms with van der Waals surface area (Å²) in [5.41, 5.74) is 0.560. The molecule has 0 saturated carbocycles. The fourth-order valence-electron chi connectivity index (χ4n) is 1.08. The predicted molar refractivity (Wildman–Crippen MR) is 53.4 cm³/mol. The van der Waals surface area contributed by atoms with E-state index in [0.717, 1.165) is 0 Å². The van der Waals surface area contributed by atoms with Crippen LogP contribution in [0.3, 0.4) is 0 Å². The zero-order chi connectivity index (χ0) is 10.7. The Morgan fingerprint density at radius 3 is 2.57 bits per heavy atom. The Morgan fingerprint density at radius 2 is 2.14 bits per heavy atom. The summed E-state index contributed by atoms with van der Waals surface area (Å²) in [6.07, 6.45) is 0.595. The summed E-state index contributed by atoms with van der Waals surface area (Å²) in [6.45, 7) is 1.38. The molecule has 14 heavy (non-hydrogen) atoms. The highest BCUT2D eigenvalue weighted by Crippen LogP contribution is 2.26. The van der Waals surface area contributed by atoms with E-state index in [4.69, 9.17) is 16.3 Å². The standard InChI is InChI=1S/C10H9ClO3/c1-6(13)9-4-8(14-2)3-7(5-12)10(9)11/h3-5H,1-2H3. The lowest BCUT2D eigenvalue weighted by atomic mass is 10.1. The number of methoxy groups -OCH3 is 1. The summed E-state index contributed by atoms with van der Waals surface area (Å²) in [7, 11) is 1.46. The maximum Gasteiger partial charge on any atom is 0.161 e. The summed E-state index contributed by atoms with van der Waals surface area (Å²) in [5, 5.41) is 0.174. The van der Waals surface area contributed by atoms with Crippen molar-refractivity contribution in [3.05, 3.63) is 28.3 Å². The van der Waals surface area contributed by atoms with Crippen molar-refractivity contribution in [3.8, 4) is 5.75 Å². The Bertz CT molecular complexity index is 385. The molecule has 1 aromatic carbocycles. The molecule has 1 aromatic rings. The van der Waals surface area contributed by atoms with Crippen LogP contribution in [-0.2, 0) is 0 Å². The van der Waals surface area contributed by atoms with Gasteiger partial charge in [-0.15, -0.1) is 0 Å². The van der Waals surface area contributed by atoms with Gasteiger partial charge in [0, 0.05) is 11.1 Å². The lowest BCUT2D eigenvalue weighted by Crippen LogP contribution is -1.98. The van der Waals surface area contributed by atoms with E-state index in [1.54, 1.807) is 0 Å². The minimum Gasteiger partial charge on any atom is -0.497 e. The number of hydrogen-bond acceptors (Lipinski definition) is 3. The number of benzene rings is 1. The molecule has 3 nitrogen and oxygen atoms in total. The fourth-order valence-corrected chi connectivity index (χ4v) is 1.37. The number of halogens is 1. The molecule has 0 unspecified atom stereocenters. The Hall–Kier alpha value is -1.35. The van der Waals surface area contributed by atoms with E-state index in [-0.39, 0.29) is 16.4 Å². The quantitative estimate of drug-likeness (QED) is 0.571. The molecular weight excluding hydrogens is 204 g/mol. The van der Waals surface area contributed by atoms with Gasteiger partial charge in [0.2, 0.25) is 0 Å². The van der Waals surface area contributed by atoms with Gasteiger partial charge < -0.3 is 4.74 Å². The molecule has 0 N–H and O–H groups in total. The average molecular weight is 213 g/mol. The van der Waals surface area contributed by atoms with Gasteiger partial charge in [0.15, 0.2) is 12.1 Å². The number of ketones is 1. The van der Waals surface area contributed by atoms with Gasteiger partial charge in [0.1, 0.15) is 5.75 Å². The lowest BCUT2D eigenvalue weighted by molar-refractivity contribution is 0.101. The summed E-state index contributed by atoms with van der Waals surface area (Å²) in [6, 6.07) is 3.00. The highest BCUT2D eigenvalue weighted by molar-refractivity contribution is 6.36. The van der Waals surface area contributed by atoms with E-state index in [2.05, 4.69) is 0 Å². The molecule has 0 heterocycles. The van der Waals surface area contributed by atoms with Crippen LogP contribution in [0.2, 0.25) is 5.02 Å². The number of rotatable bonds is 3. The third-order valence-corrected chi connectivity index (χ3v) is 2.24. The predicted octanol–water partition coefficient (Wildman–Crippen LogP) is 2.36. The molecule has 1 rings (SSSR count). The topological polar surface area (TPSA) is 43.4 Å². The Morgan fingerprint density at radius 1 is 1.50 bits per heavy atom. The Balaban J connectivity index is 3.41. The second-order valence-electron chi connectivity index (χ2n) is 2.75. The lowest BCUT2D eigenvalue weighted by Gasteiger charge is -2.06. The molecule has 0 amide bonds. The van der Waals surface area contributed by atoms with Crippen molar-refractivity contribution in [1.82, 2.24) is 0 Å². The number of carbonyl (C=O) groups excluding carboxylic acids is 2. The highest BCUT2D eigenvalue weighted by Gasteiger charge is 2.12. The van der Waals surface area contributed by atoms with Crippen molar-refractivity contribution in [3.63, 3.8) is 0 Å². The second-order valence-corrected chi connectivity index (χ2v) is 3.13. The van der Waals surface area contributed by atoms with Gasteiger partial charge in [0.25, 0.3) is 0 Å². The van der Waals surface area contributed by atoms with E-state index in [0.29, 0.717) is 17.6 Å². The minimum absolute atomic E-state index is 0.174. The van der Waals surface area contributed by atoms with E-state index in [1.807, 2.05) is 0 Å². The summed E-state index contributed by atoms with van der Waals surface area (Å²) in [5.74, 6) is 0.249. The van der Waals surface area contributed by atoms with Gasteiger partial charge in [-0.2, -0.15) is 0 Å². The van der Waals surface area contributed by atoms with Crippen molar-refractivity contribution >= 4 is 23.7 Å². The molecule has 74 valence electrons. The zero-order valence-corrected chi connectivity index (χ0v) is 8.59. The van der Waals surface area contributed by atoms with Gasteiger partial charge in [-0.05, 0) is 19.1 Å². The first-order valence-electron chi connectivity index (χ1n) is 3.93. The molecule has 0 atom stereocenters. The molecule has 0 saturated heterocycles. The van der Waals surface area contributed by atoms with Gasteiger partial charge >= 0.3 is 0 Å². The first-order valence-corrected chi connectivity index (χ1v) is 4.31. The number of aldehydes is 1. The maximum absolute atomic E-state index is 11.1. The van der Waals surface area contributed by atoms with Crippen LogP contribution in [-0.4, -0.2) is 19.2 Å². The molecule has 0 aliphatic rings. The molecule has 0 fully saturated rings. The normalized spacial score (nSPS) is 9.64. The maximum atomic E-state index is 11.1. The van der Waals surface area contributed by atoms with Crippen LogP contribution < -0.4 is 4.74 Å². The summed E-state index contributed by atoms with van der Waals surface area (Å²) in [4.78, 5) is 21.8. The SMILES string of the molecule is COc1cc(C=O)c(Cl)c(C(C)=O)c1. The van der Waals surface area contributed by atoms with Crippen LogP contribution in [0.4, 0.5) is 0 Å². The van der Waals surface area contributed by atoms with Crippen molar-refractivity contribution < 1.29 is 14.3 Å². The van der Waals surface area contributed by atoms with Gasteiger partial charge in [-0.3, -0.25) is 9.59 Å². The number of Topliss-reactive ketones (excluding diaryl/α,β-unsaturated/α-hetero) is 1. The Labute approximate surface area is 86.6 Å². The molecule has 4 heteroatoms. The molecule has 0 aliphatic heterocycles. The van der Waals surface area contributed by atoms with Crippen molar-refractivity contribution in [1.29, 1.82) is 0 Å². The van der Waals surface area contributed by atoms with Crippen LogP contribution in [0.5, 0.6) is 5.75 Å². The van der Waals surface area contributed by atoms with Gasteiger partial charge in [0.05, 0.1) is 12.1 Å². The second kappa shape index (κ2) is 4.24. The summed E-state index contributed by atoms with van der Waals surface area (Å²) >= 11 is 5.83. The molecule has 0 aromatic heterocycles. The van der Waals surface area contributed by atoms with E-state index in [1.165, 1.54) is 26.2 Å². The Kier molecular flexibility index (Phi) is 3.25. The summed E-state index contributed by atoms with van der Waals surface area (Å²) < 4.78 is 4.93. The molecule has 0 aliphatic carbocycles. The van der Waals surface area contributed by atoms with Crippen LogP contribution in [0.25, 0.3) is 0 Å². The van der Waals surface area contributed by atoms with Crippen molar-refractivity contribution in [2.45, 2.75) is 6.92 Å². The van der Waals surface area contributed by atoms with Gasteiger partial charge in [-0.25, -0.2) is 0 Å². The number of carbonyl (C=O) groups is 2. The van der Waals surface area contributed by atoms with E-state index in [9.17, 15) is 9.59 Å². The molecule has 0 bridgehead atoms. The van der Waals surface area contributed by atoms with Crippen LogP contribution >= 0.6 is 11.6 Å². The molecular formula is C10H9ClO3. The van der Waals surface area contributed by atoms with E-state index >= 15 is 0 Å². The first-order chi connectivity index (χ1) is 6.60. The van der Waals surface area contributed by atoms with Crippen LogP contribution in [0, 0.1) is 0 Å². The van der Waals surface area contributed by atoms with Crippen LogP contribution in [0.15, 0.2) is 12.1 Å². The smallest absolute Gasteiger partial charge is 0.161 e. The third kappa shape index (κ3) is 1.93. The monoisotopic (exact) mass is 212 g/mol. The molecule has 0 spiro atoms. The van der Waals surface area contributed by atoms with Crippen molar-refractivity contribution in [2.75, 3.05) is 7.11 Å². The average Bonchev–Trinajstić information content (AvgIpc) is 2.17. The number of ether oxygens (including phenoxy) is 1. The largest absolute Gasteiger partial charge is 0.497 e. The van der Waals surface area contributed by atoms with Crippen LogP contribution in [0.1, 0.15) is 27.6 Å². The highest BCUT2D eigenvalue weighted by atomic mass is 35.5. The molecule has 0 radical (unpaired) electrons. The third-order valence-electron chi connectivity index (χ3n) is 1.82. The minimum atomic E-state index is -0.197. The van der Waals surface area contributed by atoms with Gasteiger partial charge in [-0.1, -0.05) is 11.6 Å². The first kappa shape index (κ1) is 10.7. The fraction of sp³-hybridized carbons (Fsp3) is 0.200. The van der Waals surface area contributed by atoms with Crippen molar-refractivity contribution in [2.24, 2.45) is 0 Å². The van der Waals surface area contributed by atoms with E-state index < -0.39 is 0 Å². The number of hydrogen-bond donors (Lipinski definition) is 0. The zero-order valence-electron chi connectivity index (χ0n) is 7.83.